The fourth-order valence-electron chi connectivity index (χ4n) is 3.13. The first-order valence-electron chi connectivity index (χ1n) is 9.14. The van der Waals surface area contributed by atoms with Crippen LogP contribution in [0.2, 0.25) is 0 Å². The summed E-state index contributed by atoms with van der Waals surface area (Å²) in [5.74, 6) is 0.0263. The summed E-state index contributed by atoms with van der Waals surface area (Å²) in [5.41, 5.74) is 0.975. The van der Waals surface area contributed by atoms with Gasteiger partial charge in [0.2, 0.25) is 0 Å². The van der Waals surface area contributed by atoms with Crippen LogP contribution in [0.1, 0.15) is 11.1 Å². The molecule has 0 bridgehead atoms. The molecule has 0 aliphatic carbocycles. The fraction of sp³-hybridized carbons (Fsp3) is 0.556. The number of hydrogen-bond acceptors (Lipinski definition) is 5. The van der Waals surface area contributed by atoms with Gasteiger partial charge in [0, 0.05) is 26.2 Å². The molecular weight excluding hydrogens is 438 g/mol. The van der Waals surface area contributed by atoms with Gasteiger partial charge in [0.15, 0.2) is 6.61 Å². The van der Waals surface area contributed by atoms with E-state index < -0.39 is 24.5 Å². The molecule has 2 amide bonds. The molecule has 2 aliphatic rings. The van der Waals surface area contributed by atoms with Crippen LogP contribution in [0, 0.1) is 0 Å². The van der Waals surface area contributed by atoms with Crippen LogP contribution in [0.25, 0.3) is 0 Å². The minimum Gasteiger partial charge on any atom is -0.484 e. The van der Waals surface area contributed by atoms with E-state index in [1.165, 1.54) is 18.2 Å². The summed E-state index contributed by atoms with van der Waals surface area (Å²) in [4.78, 5) is 26.3. The third-order valence-electron chi connectivity index (χ3n) is 4.70. The molecule has 7 nitrogen and oxygen atoms in total. The zero-order chi connectivity index (χ0) is 22.8. The predicted molar refractivity (Wildman–Crippen MR) is 91.0 cm³/mol. The Morgan fingerprint density at radius 3 is 2.19 bits per heavy atom. The Balaban J connectivity index is 1.58. The maximum atomic E-state index is 12.6. The number of benzene rings is 1. The van der Waals surface area contributed by atoms with Crippen molar-refractivity contribution in [3.05, 3.63) is 29.3 Å². The van der Waals surface area contributed by atoms with Crippen LogP contribution >= 0.6 is 0 Å². The highest BCUT2D eigenvalue weighted by Gasteiger charge is 2.60. The van der Waals surface area contributed by atoms with Crippen LogP contribution < -0.4 is 4.74 Å². The lowest BCUT2D eigenvalue weighted by atomic mass is 10.1. The summed E-state index contributed by atoms with van der Waals surface area (Å²) in [6.07, 6.45) is -17.5. The number of rotatable bonds is 4. The Labute approximate surface area is 172 Å². The van der Waals surface area contributed by atoms with Crippen LogP contribution in [0.3, 0.4) is 0 Å². The quantitative estimate of drug-likeness (QED) is 0.652. The molecule has 172 valence electrons. The maximum absolute atomic E-state index is 12.6. The second-order valence-electron chi connectivity index (χ2n) is 6.92. The van der Waals surface area contributed by atoms with E-state index in [0.717, 1.165) is 4.90 Å². The van der Waals surface area contributed by atoms with Crippen molar-refractivity contribution < 1.29 is 50.1 Å². The number of nitrogens with zero attached hydrogens (tertiary/aromatic N) is 2. The summed E-state index contributed by atoms with van der Waals surface area (Å²) in [6.45, 7) is 1.03. The molecule has 1 aromatic carbocycles. The van der Waals surface area contributed by atoms with E-state index in [-0.39, 0.29) is 31.4 Å². The molecular formula is C18H18F6N2O5. The number of halogens is 6. The number of carbonyl (C=O) groups excluding carboxylic acids is 2. The number of amides is 2. The molecule has 3 rings (SSSR count). The first-order valence-corrected chi connectivity index (χ1v) is 9.14. The lowest BCUT2D eigenvalue weighted by Crippen LogP contribution is -2.47. The van der Waals surface area contributed by atoms with E-state index in [1.54, 1.807) is 4.90 Å². The van der Waals surface area contributed by atoms with E-state index >= 15 is 0 Å². The summed E-state index contributed by atoms with van der Waals surface area (Å²) in [6, 6.07) is 4.48. The number of ether oxygens (including phenoxy) is 3. The molecule has 31 heavy (non-hydrogen) atoms. The predicted octanol–water partition coefficient (Wildman–Crippen LogP) is 2.87. The van der Waals surface area contributed by atoms with Gasteiger partial charge < -0.3 is 19.1 Å². The summed E-state index contributed by atoms with van der Waals surface area (Å²) < 4.78 is 89.9. The van der Waals surface area contributed by atoms with Crippen LogP contribution in [0.4, 0.5) is 31.1 Å². The SMILES string of the molecule is O=C(COc1ccc2c(c1)CN(C(=O)OC(C(F)(F)F)C(F)(F)F)C2)N1CCOCC1. The van der Waals surface area contributed by atoms with Crippen molar-refractivity contribution in [1.82, 2.24) is 9.80 Å². The van der Waals surface area contributed by atoms with Crippen molar-refractivity contribution in [1.29, 1.82) is 0 Å². The van der Waals surface area contributed by atoms with Gasteiger partial charge in [-0.25, -0.2) is 4.79 Å². The van der Waals surface area contributed by atoms with E-state index in [1.807, 2.05) is 0 Å². The van der Waals surface area contributed by atoms with Gasteiger partial charge in [-0.05, 0) is 23.3 Å². The van der Waals surface area contributed by atoms with Gasteiger partial charge >= 0.3 is 18.4 Å². The van der Waals surface area contributed by atoms with E-state index in [9.17, 15) is 35.9 Å². The van der Waals surface area contributed by atoms with Crippen LogP contribution in [-0.2, 0) is 27.4 Å². The summed E-state index contributed by atoms with van der Waals surface area (Å²) in [7, 11) is 0. The monoisotopic (exact) mass is 456 g/mol. The minimum absolute atomic E-state index is 0.219. The highest BCUT2D eigenvalue weighted by molar-refractivity contribution is 5.77. The third kappa shape index (κ3) is 5.71. The molecule has 13 heteroatoms. The lowest BCUT2D eigenvalue weighted by molar-refractivity contribution is -0.308. The highest BCUT2D eigenvalue weighted by atomic mass is 19.4. The molecule has 0 atom stereocenters. The first-order chi connectivity index (χ1) is 14.4. The normalized spacial score (nSPS) is 17.0. The van der Waals surface area contributed by atoms with Crippen LogP contribution in [0.15, 0.2) is 18.2 Å². The van der Waals surface area contributed by atoms with Crippen LogP contribution in [-0.4, -0.2) is 73.2 Å². The number of hydrogen-bond donors (Lipinski definition) is 0. The molecule has 0 spiro atoms. The molecule has 1 saturated heterocycles. The Morgan fingerprint density at radius 2 is 1.58 bits per heavy atom. The standard InChI is InChI=1S/C18H18F6N2O5/c19-17(20,21)15(18(22,23)24)31-16(28)26-8-11-1-2-13(7-12(11)9-26)30-10-14(27)25-3-5-29-6-4-25/h1-2,7,15H,3-6,8-10H2. The van der Waals surface area contributed by atoms with Crippen molar-refractivity contribution in [3.8, 4) is 5.75 Å². The van der Waals surface area contributed by atoms with Crippen LogP contribution in [0.5, 0.6) is 5.75 Å². The number of carbonyl (C=O) groups is 2. The fourth-order valence-corrected chi connectivity index (χ4v) is 3.13. The smallest absolute Gasteiger partial charge is 0.434 e. The number of fused-ring (bicyclic) bond motifs is 1. The molecule has 1 aromatic rings. The molecule has 0 aromatic heterocycles. The van der Waals surface area contributed by atoms with Crippen molar-refractivity contribution in [3.63, 3.8) is 0 Å². The maximum Gasteiger partial charge on any atom is 0.434 e. The zero-order valence-electron chi connectivity index (χ0n) is 16.0. The molecule has 0 N–H and O–H groups in total. The summed E-state index contributed by atoms with van der Waals surface area (Å²) >= 11 is 0. The topological polar surface area (TPSA) is 68.3 Å². The van der Waals surface area contributed by atoms with E-state index in [0.29, 0.717) is 37.4 Å². The Bertz CT molecular complexity index is 809. The molecule has 0 radical (unpaired) electrons. The van der Waals surface area contributed by atoms with Gasteiger partial charge in [0.25, 0.3) is 12.0 Å². The highest BCUT2D eigenvalue weighted by Crippen LogP contribution is 2.37. The van der Waals surface area contributed by atoms with Crippen molar-refractivity contribution in [2.45, 2.75) is 31.5 Å². The first kappa shape index (κ1) is 23.0. The van der Waals surface area contributed by atoms with Crippen molar-refractivity contribution in [2.24, 2.45) is 0 Å². The Morgan fingerprint density at radius 1 is 0.968 bits per heavy atom. The average Bonchev–Trinajstić information content (AvgIpc) is 3.12. The molecule has 2 heterocycles. The van der Waals surface area contributed by atoms with Crippen molar-refractivity contribution >= 4 is 12.0 Å². The number of morpholine rings is 1. The lowest BCUT2D eigenvalue weighted by Gasteiger charge is -2.26. The van der Waals surface area contributed by atoms with Gasteiger partial charge in [-0.15, -0.1) is 0 Å². The number of alkyl halides is 6. The summed E-state index contributed by atoms with van der Waals surface area (Å²) in [5, 5.41) is 0. The van der Waals surface area contributed by atoms with Gasteiger partial charge in [-0.3, -0.25) is 9.69 Å². The molecule has 0 saturated carbocycles. The molecule has 0 unspecified atom stereocenters. The minimum atomic E-state index is -5.78. The Hall–Kier alpha value is -2.70. The Kier molecular flexibility index (Phi) is 6.53. The third-order valence-corrected chi connectivity index (χ3v) is 4.70. The molecule has 1 fully saturated rings. The second-order valence-corrected chi connectivity index (χ2v) is 6.92. The molecule has 2 aliphatic heterocycles. The average molecular weight is 456 g/mol. The zero-order valence-corrected chi connectivity index (χ0v) is 16.0. The van der Waals surface area contributed by atoms with Crippen molar-refractivity contribution in [2.75, 3.05) is 32.9 Å². The van der Waals surface area contributed by atoms with Gasteiger partial charge in [0.05, 0.1) is 13.2 Å². The van der Waals surface area contributed by atoms with Gasteiger partial charge in [-0.1, -0.05) is 6.07 Å². The second kappa shape index (κ2) is 8.81. The van der Waals surface area contributed by atoms with Gasteiger partial charge in [0.1, 0.15) is 5.75 Å². The largest absolute Gasteiger partial charge is 0.484 e. The van der Waals surface area contributed by atoms with E-state index in [2.05, 4.69) is 4.74 Å². The van der Waals surface area contributed by atoms with Gasteiger partial charge in [-0.2, -0.15) is 26.3 Å². The van der Waals surface area contributed by atoms with E-state index in [4.69, 9.17) is 9.47 Å².